The Morgan fingerprint density at radius 3 is 2.28 bits per heavy atom. The van der Waals surface area contributed by atoms with Crippen LogP contribution < -0.4 is 0 Å². The summed E-state index contributed by atoms with van der Waals surface area (Å²) in [6, 6.07) is 17.8. The van der Waals surface area contributed by atoms with Gasteiger partial charge >= 0.3 is 0 Å². The molecule has 2 aliphatic heterocycles. The van der Waals surface area contributed by atoms with Gasteiger partial charge in [-0.3, -0.25) is 9.69 Å². The lowest BCUT2D eigenvalue weighted by Gasteiger charge is -2.31. The molecule has 4 rings (SSSR count). The monoisotopic (exact) mass is 353 g/mol. The summed E-state index contributed by atoms with van der Waals surface area (Å²) in [6.07, 6.45) is 3.66. The number of fused-ring (bicyclic) bond motifs is 2. The van der Waals surface area contributed by atoms with Crippen LogP contribution in [0.2, 0.25) is 0 Å². The highest BCUT2D eigenvalue weighted by Gasteiger charge is 2.50. The zero-order valence-electron chi connectivity index (χ0n) is 13.7. The number of carbonyl (C=O) groups excluding carboxylic acids is 1. The van der Waals surface area contributed by atoms with Crippen molar-refractivity contribution in [2.45, 2.75) is 35.2 Å². The number of rotatable bonds is 4. The van der Waals surface area contributed by atoms with Crippen LogP contribution in [0.3, 0.4) is 0 Å². The Morgan fingerprint density at radius 1 is 0.960 bits per heavy atom. The average Bonchev–Trinajstić information content (AvgIpc) is 2.90. The molecule has 0 spiro atoms. The first-order valence-corrected chi connectivity index (χ1v) is 9.92. The van der Waals surface area contributed by atoms with Gasteiger partial charge in [0.05, 0.1) is 16.2 Å². The lowest BCUT2D eigenvalue weighted by Crippen LogP contribution is -2.44. The van der Waals surface area contributed by atoms with Crippen LogP contribution in [-0.2, 0) is 21.2 Å². The topological polar surface area (TPSA) is 54.5 Å². The van der Waals surface area contributed by atoms with Gasteiger partial charge in [0.15, 0.2) is 15.6 Å². The molecule has 1 fully saturated rings. The Kier molecular flexibility index (Phi) is 4.06. The van der Waals surface area contributed by atoms with E-state index in [9.17, 15) is 13.2 Å². The van der Waals surface area contributed by atoms with Crippen LogP contribution in [0.5, 0.6) is 0 Å². The first kappa shape index (κ1) is 16.2. The molecule has 1 saturated heterocycles. The minimum atomic E-state index is -3.49. The summed E-state index contributed by atoms with van der Waals surface area (Å²) in [5.74, 6) is -0.00190. The highest BCUT2D eigenvalue weighted by molar-refractivity contribution is 7.92. The van der Waals surface area contributed by atoms with Crippen LogP contribution >= 0.6 is 0 Å². The molecule has 2 aliphatic rings. The maximum Gasteiger partial charge on any atom is 0.183 e. The summed E-state index contributed by atoms with van der Waals surface area (Å²) < 4.78 is 26.2. The molecule has 2 aromatic carbocycles. The number of hydrogen-bond donors (Lipinski definition) is 0. The molecule has 0 aromatic heterocycles. The fourth-order valence-electron chi connectivity index (χ4n) is 3.84. The van der Waals surface area contributed by atoms with Crippen molar-refractivity contribution in [2.24, 2.45) is 0 Å². The summed E-state index contributed by atoms with van der Waals surface area (Å²) in [6.45, 7) is 0.576. The fraction of sp³-hybridized carbons (Fsp3) is 0.250. The van der Waals surface area contributed by atoms with E-state index in [1.165, 1.54) is 0 Å². The molecule has 0 saturated carbocycles. The predicted octanol–water partition coefficient (Wildman–Crippen LogP) is 2.61. The van der Waals surface area contributed by atoms with Crippen molar-refractivity contribution < 1.29 is 13.2 Å². The molecule has 0 radical (unpaired) electrons. The first-order chi connectivity index (χ1) is 12.1. The fourth-order valence-corrected chi connectivity index (χ4v) is 5.78. The standard InChI is InChI=1S/C20H19NO3S/c22-19-12-11-17-20(25(23,24)16-9-5-2-6-10-16)13-18(19)21(17)14-15-7-3-1-4-8-15/h1-12,17-18,20H,13-14H2/t17-,18-,20+/m1/s1. The second-order valence-electron chi connectivity index (χ2n) is 6.56. The highest BCUT2D eigenvalue weighted by Crippen LogP contribution is 2.37. The normalized spacial score (nSPS) is 26.1. The molecule has 25 heavy (non-hydrogen) atoms. The maximum absolute atomic E-state index is 13.1. The molecular formula is C20H19NO3S. The Morgan fingerprint density at radius 2 is 1.60 bits per heavy atom. The van der Waals surface area contributed by atoms with Gasteiger partial charge in [0.25, 0.3) is 0 Å². The third-order valence-corrected chi connectivity index (χ3v) is 7.28. The van der Waals surface area contributed by atoms with E-state index in [0.29, 0.717) is 17.9 Å². The van der Waals surface area contributed by atoms with Gasteiger partial charge in [0.1, 0.15) is 0 Å². The molecule has 3 atom stereocenters. The zero-order valence-corrected chi connectivity index (χ0v) is 14.5. The SMILES string of the molecule is O=C1C=C[C@@H]2[C@@H](S(=O)(=O)c3ccccc3)C[C@H]1N2Cc1ccccc1. The first-order valence-electron chi connectivity index (χ1n) is 8.38. The Balaban J connectivity index is 1.68. The van der Waals surface area contributed by atoms with Crippen LogP contribution in [-0.4, -0.2) is 36.4 Å². The molecule has 4 nitrogen and oxygen atoms in total. The summed E-state index contributed by atoms with van der Waals surface area (Å²) >= 11 is 0. The number of hydrogen-bond acceptors (Lipinski definition) is 4. The van der Waals surface area contributed by atoms with E-state index in [1.807, 2.05) is 35.2 Å². The zero-order chi connectivity index (χ0) is 17.4. The summed E-state index contributed by atoms with van der Waals surface area (Å²) in [7, 11) is -3.49. The number of benzene rings is 2. The minimum absolute atomic E-state index is 0.00190. The third-order valence-electron chi connectivity index (χ3n) is 5.08. The average molecular weight is 353 g/mol. The number of sulfone groups is 1. The highest BCUT2D eigenvalue weighted by atomic mass is 32.2. The van der Waals surface area contributed by atoms with Gasteiger partial charge in [-0.05, 0) is 30.2 Å². The molecule has 2 heterocycles. The second kappa shape index (κ2) is 6.24. The smallest absolute Gasteiger partial charge is 0.183 e. The number of nitrogens with zero attached hydrogens (tertiary/aromatic N) is 1. The number of ketones is 1. The molecule has 0 unspecified atom stereocenters. The molecule has 5 heteroatoms. The van der Waals surface area contributed by atoms with Gasteiger partial charge in [-0.25, -0.2) is 8.42 Å². The van der Waals surface area contributed by atoms with Gasteiger partial charge < -0.3 is 0 Å². The van der Waals surface area contributed by atoms with Crippen LogP contribution in [0.25, 0.3) is 0 Å². The third kappa shape index (κ3) is 2.83. The van der Waals surface area contributed by atoms with Gasteiger partial charge in [-0.15, -0.1) is 0 Å². The van der Waals surface area contributed by atoms with E-state index in [0.717, 1.165) is 5.56 Å². The van der Waals surface area contributed by atoms with Crippen molar-refractivity contribution in [3.05, 3.63) is 78.4 Å². The van der Waals surface area contributed by atoms with E-state index >= 15 is 0 Å². The molecule has 0 N–H and O–H groups in total. The molecule has 0 amide bonds. The summed E-state index contributed by atoms with van der Waals surface area (Å²) in [5, 5.41) is -0.591. The van der Waals surface area contributed by atoms with Gasteiger partial charge in [0.2, 0.25) is 0 Å². The maximum atomic E-state index is 13.1. The van der Waals surface area contributed by atoms with E-state index in [1.54, 1.807) is 42.5 Å². The van der Waals surface area contributed by atoms with Gasteiger partial charge in [0, 0.05) is 12.6 Å². The molecule has 2 bridgehead atoms. The van der Waals surface area contributed by atoms with Crippen molar-refractivity contribution in [3.63, 3.8) is 0 Å². The van der Waals surface area contributed by atoms with Crippen molar-refractivity contribution in [3.8, 4) is 0 Å². The predicted molar refractivity (Wildman–Crippen MR) is 95.7 cm³/mol. The van der Waals surface area contributed by atoms with E-state index in [2.05, 4.69) is 0 Å². The Hall–Kier alpha value is -2.24. The molecule has 2 aromatic rings. The van der Waals surface area contributed by atoms with E-state index < -0.39 is 15.1 Å². The summed E-state index contributed by atoms with van der Waals surface area (Å²) in [4.78, 5) is 14.7. The van der Waals surface area contributed by atoms with Crippen molar-refractivity contribution >= 4 is 15.6 Å². The lowest BCUT2D eigenvalue weighted by molar-refractivity contribution is -0.119. The van der Waals surface area contributed by atoms with Crippen molar-refractivity contribution in [1.82, 2.24) is 4.90 Å². The summed E-state index contributed by atoms with van der Waals surface area (Å²) in [5.41, 5.74) is 1.08. The number of carbonyl (C=O) groups is 1. The van der Waals surface area contributed by atoms with E-state index in [4.69, 9.17) is 0 Å². The second-order valence-corrected chi connectivity index (χ2v) is 8.72. The molecule has 0 aliphatic carbocycles. The Bertz CT molecular complexity index is 906. The van der Waals surface area contributed by atoms with Crippen LogP contribution in [0.4, 0.5) is 0 Å². The van der Waals surface area contributed by atoms with Crippen LogP contribution in [0.1, 0.15) is 12.0 Å². The quantitative estimate of drug-likeness (QED) is 0.848. The molecular weight excluding hydrogens is 334 g/mol. The van der Waals surface area contributed by atoms with Crippen LogP contribution in [0.15, 0.2) is 77.7 Å². The lowest BCUT2D eigenvalue weighted by atomic mass is 10.1. The largest absolute Gasteiger partial charge is 0.293 e. The van der Waals surface area contributed by atoms with Crippen molar-refractivity contribution in [2.75, 3.05) is 0 Å². The minimum Gasteiger partial charge on any atom is -0.293 e. The van der Waals surface area contributed by atoms with Gasteiger partial charge in [-0.1, -0.05) is 54.6 Å². The van der Waals surface area contributed by atoms with Crippen molar-refractivity contribution in [1.29, 1.82) is 0 Å². The molecule has 128 valence electrons. The van der Waals surface area contributed by atoms with E-state index in [-0.39, 0.29) is 17.9 Å². The van der Waals surface area contributed by atoms with Gasteiger partial charge in [-0.2, -0.15) is 0 Å². The Labute approximate surface area is 147 Å². The van der Waals surface area contributed by atoms with Crippen LogP contribution in [0, 0.1) is 0 Å².